The van der Waals surface area contributed by atoms with Gasteiger partial charge in [-0.05, 0) is 0 Å². The third-order valence-corrected chi connectivity index (χ3v) is 4.43. The topological polar surface area (TPSA) is 67.2 Å². The van der Waals surface area contributed by atoms with Crippen molar-refractivity contribution in [1.82, 2.24) is 10.6 Å². The van der Waals surface area contributed by atoms with Gasteiger partial charge in [0, 0.05) is 24.6 Å². The molecule has 0 aliphatic carbocycles. The number of nitrogens with zero attached hydrogens (tertiary/aromatic N) is 2. The molecule has 2 rings (SSSR count). The number of hydrogen-bond acceptors (Lipinski definition) is 8. The highest BCUT2D eigenvalue weighted by Gasteiger charge is 2.05. The Bertz CT molecular complexity index is 307. The smallest absolute Gasteiger partial charge is 0.156 e. The Labute approximate surface area is 128 Å². The number of thioether (sulfide) groups is 2. The predicted molar refractivity (Wildman–Crippen MR) is 87.2 cm³/mol. The molecule has 2 aliphatic rings. The van der Waals surface area contributed by atoms with E-state index < -0.39 is 0 Å². The summed E-state index contributed by atoms with van der Waals surface area (Å²) < 4.78 is 11.0. The van der Waals surface area contributed by atoms with E-state index in [1.165, 1.54) is 0 Å². The Morgan fingerprint density at radius 2 is 1.30 bits per heavy atom. The molecule has 0 spiro atoms. The minimum Gasteiger partial charge on any atom is -0.378 e. The van der Waals surface area contributed by atoms with Crippen molar-refractivity contribution in [2.45, 2.75) is 0 Å². The lowest BCUT2D eigenvalue weighted by molar-refractivity contribution is 0.0606. The van der Waals surface area contributed by atoms with Crippen molar-refractivity contribution in [3.63, 3.8) is 0 Å². The van der Waals surface area contributed by atoms with E-state index in [9.17, 15) is 0 Å². The minimum absolute atomic E-state index is 0.657. The Kier molecular flexibility index (Phi) is 8.22. The standard InChI is InChI=1S/C12H22N4O2S2/c1-2-14-11(13-1)19-9-7-17-5-6-18-8-10-20-12-15-3-4-16-12/h1-10H2,(H,13,14)(H,15,16). The van der Waals surface area contributed by atoms with Crippen molar-refractivity contribution in [2.75, 3.05) is 64.1 Å². The van der Waals surface area contributed by atoms with Crippen molar-refractivity contribution in [1.29, 1.82) is 0 Å². The van der Waals surface area contributed by atoms with Gasteiger partial charge in [0.2, 0.25) is 0 Å². The second-order valence-corrected chi connectivity index (χ2v) is 6.32. The van der Waals surface area contributed by atoms with Crippen LogP contribution < -0.4 is 10.6 Å². The molecule has 2 aliphatic heterocycles. The minimum atomic E-state index is 0.657. The van der Waals surface area contributed by atoms with Crippen LogP contribution in [-0.4, -0.2) is 74.4 Å². The first kappa shape index (κ1) is 15.9. The third kappa shape index (κ3) is 6.83. The lowest BCUT2D eigenvalue weighted by Gasteiger charge is -2.06. The maximum atomic E-state index is 5.50. The first-order chi connectivity index (χ1) is 9.95. The van der Waals surface area contributed by atoms with Gasteiger partial charge in [-0.25, -0.2) is 0 Å². The molecular formula is C12H22N4O2S2. The van der Waals surface area contributed by atoms with E-state index in [4.69, 9.17) is 9.47 Å². The molecule has 0 bridgehead atoms. The maximum Gasteiger partial charge on any atom is 0.156 e. The molecule has 114 valence electrons. The Morgan fingerprint density at radius 1 is 0.800 bits per heavy atom. The zero-order valence-electron chi connectivity index (χ0n) is 11.6. The van der Waals surface area contributed by atoms with Crippen LogP contribution in [0.3, 0.4) is 0 Å². The summed E-state index contributed by atoms with van der Waals surface area (Å²) in [6, 6.07) is 0. The fraction of sp³-hybridized carbons (Fsp3) is 0.833. The van der Waals surface area contributed by atoms with E-state index in [0.29, 0.717) is 13.2 Å². The normalized spacial score (nSPS) is 17.6. The van der Waals surface area contributed by atoms with Crippen LogP contribution in [0.25, 0.3) is 0 Å². The predicted octanol–water partition coefficient (Wildman–Crippen LogP) is 0.404. The van der Waals surface area contributed by atoms with Gasteiger partial charge in [-0.3, -0.25) is 9.98 Å². The van der Waals surface area contributed by atoms with Crippen LogP contribution in [0.2, 0.25) is 0 Å². The Morgan fingerprint density at radius 3 is 1.70 bits per heavy atom. The van der Waals surface area contributed by atoms with Gasteiger partial charge in [-0.2, -0.15) is 0 Å². The summed E-state index contributed by atoms with van der Waals surface area (Å²) in [6.07, 6.45) is 0. The van der Waals surface area contributed by atoms with Gasteiger partial charge in [-0.1, -0.05) is 23.5 Å². The molecule has 2 heterocycles. The van der Waals surface area contributed by atoms with Crippen molar-refractivity contribution < 1.29 is 9.47 Å². The Hall–Kier alpha value is -0.440. The number of ether oxygens (including phenoxy) is 2. The molecule has 0 atom stereocenters. The molecule has 0 saturated heterocycles. The zero-order valence-corrected chi connectivity index (χ0v) is 13.2. The molecule has 2 N–H and O–H groups in total. The highest BCUT2D eigenvalue weighted by molar-refractivity contribution is 8.14. The molecular weight excluding hydrogens is 296 g/mol. The second kappa shape index (κ2) is 10.3. The number of aliphatic imine (C=N–C) groups is 2. The maximum absolute atomic E-state index is 5.50. The van der Waals surface area contributed by atoms with E-state index in [0.717, 1.165) is 61.2 Å². The molecule has 0 aromatic rings. The van der Waals surface area contributed by atoms with Crippen LogP contribution in [0, 0.1) is 0 Å². The Balaban J connectivity index is 1.30. The average molecular weight is 318 g/mol. The largest absolute Gasteiger partial charge is 0.378 e. The van der Waals surface area contributed by atoms with Crippen LogP contribution in [0.4, 0.5) is 0 Å². The van der Waals surface area contributed by atoms with E-state index in [1.54, 1.807) is 23.5 Å². The van der Waals surface area contributed by atoms with E-state index >= 15 is 0 Å². The van der Waals surface area contributed by atoms with Gasteiger partial charge in [0.1, 0.15) is 0 Å². The van der Waals surface area contributed by atoms with E-state index in [-0.39, 0.29) is 0 Å². The summed E-state index contributed by atoms with van der Waals surface area (Å²) in [5.41, 5.74) is 0. The summed E-state index contributed by atoms with van der Waals surface area (Å²) in [7, 11) is 0. The molecule has 20 heavy (non-hydrogen) atoms. The highest BCUT2D eigenvalue weighted by atomic mass is 32.2. The summed E-state index contributed by atoms with van der Waals surface area (Å²) in [5, 5.41) is 8.53. The molecule has 0 radical (unpaired) electrons. The zero-order chi connectivity index (χ0) is 13.9. The van der Waals surface area contributed by atoms with Crippen molar-refractivity contribution >= 4 is 33.9 Å². The van der Waals surface area contributed by atoms with Crippen LogP contribution in [0.1, 0.15) is 0 Å². The number of nitrogens with one attached hydrogen (secondary N) is 2. The lowest BCUT2D eigenvalue weighted by Crippen LogP contribution is -2.17. The molecule has 8 heteroatoms. The molecule has 0 amide bonds. The second-order valence-electron chi connectivity index (χ2n) is 4.15. The van der Waals surface area contributed by atoms with E-state index in [1.807, 2.05) is 0 Å². The molecule has 6 nitrogen and oxygen atoms in total. The van der Waals surface area contributed by atoms with Crippen LogP contribution in [-0.2, 0) is 9.47 Å². The summed E-state index contributed by atoms with van der Waals surface area (Å²) >= 11 is 3.44. The van der Waals surface area contributed by atoms with Gasteiger partial charge in [0.15, 0.2) is 10.3 Å². The summed E-state index contributed by atoms with van der Waals surface area (Å²) in [6.45, 7) is 6.53. The van der Waals surface area contributed by atoms with E-state index in [2.05, 4.69) is 20.6 Å². The van der Waals surface area contributed by atoms with Crippen molar-refractivity contribution in [3.8, 4) is 0 Å². The van der Waals surface area contributed by atoms with Gasteiger partial charge in [-0.15, -0.1) is 0 Å². The number of hydrogen-bond donors (Lipinski definition) is 2. The number of rotatable bonds is 9. The molecule has 0 aromatic heterocycles. The van der Waals surface area contributed by atoms with Crippen LogP contribution in [0.5, 0.6) is 0 Å². The highest BCUT2D eigenvalue weighted by Crippen LogP contribution is 2.05. The molecule has 0 fully saturated rings. The third-order valence-electron chi connectivity index (χ3n) is 2.59. The van der Waals surface area contributed by atoms with Gasteiger partial charge >= 0.3 is 0 Å². The molecule has 0 saturated carbocycles. The fourth-order valence-electron chi connectivity index (χ4n) is 1.66. The molecule has 0 unspecified atom stereocenters. The first-order valence-corrected chi connectivity index (χ1v) is 8.90. The van der Waals surface area contributed by atoms with Crippen LogP contribution in [0.15, 0.2) is 9.98 Å². The summed E-state index contributed by atoms with van der Waals surface area (Å²) in [4.78, 5) is 8.61. The first-order valence-electron chi connectivity index (χ1n) is 6.93. The number of amidine groups is 2. The quantitative estimate of drug-likeness (QED) is 0.600. The fourth-order valence-corrected chi connectivity index (χ4v) is 3.22. The molecule has 0 aromatic carbocycles. The summed E-state index contributed by atoms with van der Waals surface area (Å²) in [5.74, 6) is 1.88. The van der Waals surface area contributed by atoms with Gasteiger partial charge in [0.25, 0.3) is 0 Å². The van der Waals surface area contributed by atoms with Gasteiger partial charge in [0.05, 0.1) is 39.5 Å². The SMILES string of the molecule is C1CNC(SCCOCCOCCSC2=NCCN2)=N1. The monoisotopic (exact) mass is 318 g/mol. The van der Waals surface area contributed by atoms with Gasteiger partial charge < -0.3 is 20.1 Å². The van der Waals surface area contributed by atoms with Crippen molar-refractivity contribution in [2.24, 2.45) is 9.98 Å². The van der Waals surface area contributed by atoms with Crippen LogP contribution >= 0.6 is 23.5 Å². The van der Waals surface area contributed by atoms with Crippen molar-refractivity contribution in [3.05, 3.63) is 0 Å². The average Bonchev–Trinajstić information content (AvgIpc) is 3.14. The lowest BCUT2D eigenvalue weighted by atomic mass is 10.7.